The van der Waals surface area contributed by atoms with E-state index in [0.29, 0.717) is 36.6 Å². The van der Waals surface area contributed by atoms with Gasteiger partial charge in [0.25, 0.3) is 0 Å². The van der Waals surface area contributed by atoms with Crippen molar-refractivity contribution >= 4 is 27.7 Å². The molecule has 1 aromatic rings. The number of piperidine rings is 3. The van der Waals surface area contributed by atoms with Gasteiger partial charge in [-0.1, -0.05) is 24.9 Å². The van der Waals surface area contributed by atoms with Crippen LogP contribution in [0.2, 0.25) is 5.02 Å². The molecule has 0 aromatic heterocycles. The van der Waals surface area contributed by atoms with Gasteiger partial charge in [0.15, 0.2) is 0 Å². The van der Waals surface area contributed by atoms with E-state index in [9.17, 15) is 13.2 Å². The van der Waals surface area contributed by atoms with E-state index < -0.39 is 10.0 Å². The molecule has 208 valence electrons. The van der Waals surface area contributed by atoms with Gasteiger partial charge in [-0.2, -0.15) is 4.31 Å². The molecule has 37 heavy (non-hydrogen) atoms. The Bertz CT molecular complexity index is 992. The van der Waals surface area contributed by atoms with Crippen molar-refractivity contribution in [1.29, 1.82) is 0 Å². The van der Waals surface area contributed by atoms with Crippen molar-refractivity contribution in [2.75, 3.05) is 46.9 Å². The average Bonchev–Trinajstić information content (AvgIpc) is 2.91. The summed E-state index contributed by atoms with van der Waals surface area (Å²) in [6, 6.07) is 6.93. The first-order valence-electron chi connectivity index (χ1n) is 13.8. The summed E-state index contributed by atoms with van der Waals surface area (Å²) in [6.45, 7) is 5.73. The van der Waals surface area contributed by atoms with E-state index in [-0.39, 0.29) is 29.7 Å². The number of sulfonamides is 1. The highest BCUT2D eigenvalue weighted by atomic mass is 35.5. The molecule has 4 rings (SSSR count). The molecule has 3 aliphatic heterocycles. The molecule has 0 aliphatic carbocycles. The molecule has 0 spiro atoms. The summed E-state index contributed by atoms with van der Waals surface area (Å²) < 4.78 is 34.5. The Morgan fingerprint density at radius 2 is 1.54 bits per heavy atom. The Balaban J connectivity index is 1.33. The van der Waals surface area contributed by atoms with Crippen LogP contribution in [0, 0.1) is 0 Å². The predicted octanol–water partition coefficient (Wildman–Crippen LogP) is 4.29. The number of nitrogens with zero attached hydrogens (tertiary/aromatic N) is 4. The summed E-state index contributed by atoms with van der Waals surface area (Å²) in [5.74, 6) is 0. The summed E-state index contributed by atoms with van der Waals surface area (Å²) in [6.07, 6.45) is 7.08. The Morgan fingerprint density at radius 3 is 2.14 bits per heavy atom. The molecule has 0 N–H and O–H groups in total. The zero-order valence-electron chi connectivity index (χ0n) is 22.5. The van der Waals surface area contributed by atoms with E-state index in [1.807, 2.05) is 6.92 Å². The van der Waals surface area contributed by atoms with Crippen LogP contribution in [0.25, 0.3) is 0 Å². The highest BCUT2D eigenvalue weighted by molar-refractivity contribution is 7.89. The molecule has 0 unspecified atom stereocenters. The average molecular weight is 555 g/mol. The first kappa shape index (κ1) is 28.6. The molecule has 3 saturated heterocycles. The number of hydrogen-bond acceptors (Lipinski definition) is 6. The topological polar surface area (TPSA) is 73.4 Å². The van der Waals surface area contributed by atoms with Crippen molar-refractivity contribution in [1.82, 2.24) is 19.0 Å². The summed E-state index contributed by atoms with van der Waals surface area (Å²) in [4.78, 5) is 19.9. The van der Waals surface area contributed by atoms with Gasteiger partial charge in [0.1, 0.15) is 6.61 Å². The summed E-state index contributed by atoms with van der Waals surface area (Å²) in [5, 5.41) is 0.497. The molecule has 1 amide bonds. The third-order valence-electron chi connectivity index (χ3n) is 8.62. The molecule has 0 radical (unpaired) electrons. The fraction of sp³-hybridized carbons (Fsp3) is 0.741. The molecule has 3 fully saturated rings. The van der Waals surface area contributed by atoms with E-state index in [0.717, 1.165) is 45.2 Å². The number of carbonyl (C=O) groups excluding carboxylic acids is 1. The van der Waals surface area contributed by atoms with Crippen molar-refractivity contribution in [3.8, 4) is 0 Å². The predicted molar refractivity (Wildman–Crippen MR) is 146 cm³/mol. The first-order chi connectivity index (χ1) is 17.7. The lowest BCUT2D eigenvalue weighted by atomic mass is 9.97. The minimum absolute atomic E-state index is 0.0809. The SMILES string of the molecule is CC[C@@H]1CCC[C@H](COC(=O)N2CCC(N(C)C3CCN(C)CC3)CC2)N1S(=O)(=O)c1ccc(Cl)cc1. The molecule has 8 nitrogen and oxygen atoms in total. The number of hydrogen-bond donors (Lipinski definition) is 0. The maximum absolute atomic E-state index is 13.6. The van der Waals surface area contributed by atoms with Crippen LogP contribution < -0.4 is 0 Å². The fourth-order valence-electron chi connectivity index (χ4n) is 6.22. The van der Waals surface area contributed by atoms with Crippen LogP contribution >= 0.6 is 11.6 Å². The lowest BCUT2D eigenvalue weighted by Crippen LogP contribution is -2.53. The number of benzene rings is 1. The second-order valence-corrected chi connectivity index (χ2v) is 13.2. The zero-order valence-corrected chi connectivity index (χ0v) is 24.1. The maximum atomic E-state index is 13.6. The molecule has 3 aliphatic rings. The Hall–Kier alpha value is -1.39. The standard InChI is InChI=1S/C27H43ClN4O4S/c1-4-22-6-5-7-25(32(22)37(34,35)26-10-8-21(28)9-11-26)20-36-27(33)31-18-14-24(15-19-31)30(3)23-12-16-29(2)17-13-23/h8-11,22-25H,4-7,12-20H2,1-3H3/t22-,25-/m1/s1. The zero-order chi connectivity index (χ0) is 26.6. The van der Waals surface area contributed by atoms with Crippen molar-refractivity contribution < 1.29 is 17.9 Å². The molecular formula is C27H43ClN4O4S. The quantitative estimate of drug-likeness (QED) is 0.501. The van der Waals surface area contributed by atoms with Gasteiger partial charge in [-0.15, -0.1) is 0 Å². The van der Waals surface area contributed by atoms with Gasteiger partial charge in [-0.3, -0.25) is 0 Å². The fourth-order valence-corrected chi connectivity index (χ4v) is 8.27. The maximum Gasteiger partial charge on any atom is 0.409 e. The van der Waals surface area contributed by atoms with Crippen LogP contribution in [-0.4, -0.2) is 105 Å². The second-order valence-electron chi connectivity index (χ2n) is 10.9. The van der Waals surface area contributed by atoms with Crippen LogP contribution in [0.3, 0.4) is 0 Å². The van der Waals surface area contributed by atoms with Crippen molar-refractivity contribution in [2.24, 2.45) is 0 Å². The van der Waals surface area contributed by atoms with Crippen LogP contribution in [0.1, 0.15) is 58.3 Å². The van der Waals surface area contributed by atoms with E-state index in [1.54, 1.807) is 33.5 Å². The van der Waals surface area contributed by atoms with E-state index in [4.69, 9.17) is 16.3 Å². The Morgan fingerprint density at radius 1 is 0.973 bits per heavy atom. The second kappa shape index (κ2) is 12.6. The summed E-state index contributed by atoms with van der Waals surface area (Å²) >= 11 is 5.99. The minimum atomic E-state index is -3.73. The molecule has 1 aromatic carbocycles. The summed E-state index contributed by atoms with van der Waals surface area (Å²) in [5.41, 5.74) is 0. The van der Waals surface area contributed by atoms with Crippen LogP contribution in [0.15, 0.2) is 29.2 Å². The van der Waals surface area contributed by atoms with Crippen molar-refractivity contribution in [3.05, 3.63) is 29.3 Å². The van der Waals surface area contributed by atoms with Gasteiger partial charge < -0.3 is 19.4 Å². The third kappa shape index (κ3) is 6.79. The van der Waals surface area contributed by atoms with Crippen LogP contribution in [-0.2, 0) is 14.8 Å². The molecule has 0 bridgehead atoms. The minimum Gasteiger partial charge on any atom is -0.448 e. The first-order valence-corrected chi connectivity index (χ1v) is 15.6. The van der Waals surface area contributed by atoms with Crippen molar-refractivity contribution in [2.45, 2.75) is 87.4 Å². The van der Waals surface area contributed by atoms with E-state index in [1.165, 1.54) is 12.8 Å². The molecule has 10 heteroatoms. The molecule has 2 atom stereocenters. The molecule has 3 heterocycles. The number of ether oxygens (including phenoxy) is 1. The van der Waals surface area contributed by atoms with Gasteiger partial charge in [-0.05, 0) is 96.4 Å². The normalized spacial score (nSPS) is 25.5. The smallest absolute Gasteiger partial charge is 0.409 e. The summed E-state index contributed by atoms with van der Waals surface area (Å²) in [7, 11) is 0.685. The Labute approximate surface area is 227 Å². The number of amides is 1. The van der Waals surface area contributed by atoms with Gasteiger partial charge in [0, 0.05) is 36.2 Å². The van der Waals surface area contributed by atoms with Gasteiger partial charge in [0.2, 0.25) is 10.0 Å². The van der Waals surface area contributed by atoms with Gasteiger partial charge >= 0.3 is 6.09 Å². The van der Waals surface area contributed by atoms with Crippen LogP contribution in [0.5, 0.6) is 0 Å². The molecular weight excluding hydrogens is 512 g/mol. The Kier molecular flexibility index (Phi) is 9.78. The highest BCUT2D eigenvalue weighted by Gasteiger charge is 2.40. The molecule has 0 saturated carbocycles. The lowest BCUT2D eigenvalue weighted by Gasteiger charge is -2.43. The lowest BCUT2D eigenvalue weighted by molar-refractivity contribution is 0.0392. The van der Waals surface area contributed by atoms with Crippen molar-refractivity contribution in [3.63, 3.8) is 0 Å². The highest BCUT2D eigenvalue weighted by Crippen LogP contribution is 2.32. The number of carbonyl (C=O) groups is 1. The monoisotopic (exact) mass is 554 g/mol. The van der Waals surface area contributed by atoms with E-state index in [2.05, 4.69) is 23.9 Å². The largest absolute Gasteiger partial charge is 0.448 e. The number of likely N-dealkylation sites (tertiary alicyclic amines) is 2. The van der Waals surface area contributed by atoms with Gasteiger partial charge in [0.05, 0.1) is 10.9 Å². The number of rotatable bonds is 7. The van der Waals surface area contributed by atoms with E-state index >= 15 is 0 Å². The number of halogens is 1. The third-order valence-corrected chi connectivity index (χ3v) is 10.9. The van der Waals surface area contributed by atoms with Crippen LogP contribution in [0.4, 0.5) is 4.79 Å². The van der Waals surface area contributed by atoms with Gasteiger partial charge in [-0.25, -0.2) is 13.2 Å².